The Morgan fingerprint density at radius 2 is 2.08 bits per heavy atom. The molecule has 0 spiro atoms. The van der Waals surface area contributed by atoms with Gasteiger partial charge in [-0.05, 0) is 37.1 Å². The van der Waals surface area contributed by atoms with Crippen LogP contribution >= 0.6 is 11.6 Å². The van der Waals surface area contributed by atoms with Gasteiger partial charge in [0.25, 0.3) is 0 Å². The Balaban J connectivity index is 1.94. The highest BCUT2D eigenvalue weighted by Crippen LogP contribution is 2.21. The van der Waals surface area contributed by atoms with Crippen LogP contribution in [0.15, 0.2) is 30.3 Å². The molecule has 0 aliphatic rings. The third kappa shape index (κ3) is 5.36. The van der Waals surface area contributed by atoms with E-state index in [1.54, 1.807) is 17.9 Å². The fourth-order valence-corrected chi connectivity index (χ4v) is 2.69. The summed E-state index contributed by atoms with van der Waals surface area (Å²) in [6.07, 6.45) is 5.31. The molecule has 0 bridgehead atoms. The van der Waals surface area contributed by atoms with Crippen LogP contribution in [0.4, 0.5) is 0 Å². The maximum absolute atomic E-state index is 12.0. The quantitative estimate of drug-likeness (QED) is 0.723. The largest absolute Gasteiger partial charge is 0.497 e. The zero-order valence-corrected chi connectivity index (χ0v) is 15.6. The van der Waals surface area contributed by atoms with Crippen molar-refractivity contribution < 1.29 is 9.53 Å². The predicted octanol–water partition coefficient (Wildman–Crippen LogP) is 3.98. The number of nitrogens with one attached hydrogen (secondary N) is 1. The fourth-order valence-electron chi connectivity index (χ4n) is 2.36. The van der Waals surface area contributed by atoms with Gasteiger partial charge in [-0.3, -0.25) is 9.48 Å². The van der Waals surface area contributed by atoms with Gasteiger partial charge in [0.2, 0.25) is 5.91 Å². The van der Waals surface area contributed by atoms with Gasteiger partial charge in [-0.2, -0.15) is 5.10 Å². The van der Waals surface area contributed by atoms with Gasteiger partial charge in [0, 0.05) is 24.7 Å². The zero-order chi connectivity index (χ0) is 18.2. The zero-order valence-electron chi connectivity index (χ0n) is 14.9. The summed E-state index contributed by atoms with van der Waals surface area (Å²) in [5.74, 6) is 0.618. The molecular formula is C19H24ClN3O2. The lowest BCUT2D eigenvalue weighted by atomic mass is 10.2. The number of unbranched alkanes of at least 4 members (excludes halogenated alkanes) is 1. The molecule has 0 aliphatic heterocycles. The number of aromatic nitrogens is 2. The van der Waals surface area contributed by atoms with Crippen molar-refractivity contribution in [1.82, 2.24) is 15.1 Å². The van der Waals surface area contributed by atoms with E-state index in [0.29, 0.717) is 11.7 Å². The van der Waals surface area contributed by atoms with Crippen LogP contribution in [0.1, 0.15) is 36.6 Å². The number of halogens is 1. The molecule has 0 atom stereocenters. The van der Waals surface area contributed by atoms with Crippen LogP contribution in [0.5, 0.6) is 5.75 Å². The molecule has 1 heterocycles. The number of ether oxygens (including phenoxy) is 1. The lowest BCUT2D eigenvalue weighted by Crippen LogP contribution is -2.20. The minimum atomic E-state index is -0.174. The van der Waals surface area contributed by atoms with Crippen molar-refractivity contribution in [3.05, 3.63) is 52.3 Å². The number of hydrogen-bond donors (Lipinski definition) is 1. The Morgan fingerprint density at radius 3 is 2.72 bits per heavy atom. The number of carbonyl (C=O) groups is 1. The second kappa shape index (κ2) is 9.28. The summed E-state index contributed by atoms with van der Waals surface area (Å²) < 4.78 is 6.90. The number of nitrogens with zero attached hydrogens (tertiary/aromatic N) is 2. The molecule has 1 aromatic heterocycles. The summed E-state index contributed by atoms with van der Waals surface area (Å²) >= 11 is 6.36. The molecule has 2 rings (SSSR count). The molecule has 0 saturated heterocycles. The van der Waals surface area contributed by atoms with E-state index in [4.69, 9.17) is 16.3 Å². The Morgan fingerprint density at radius 1 is 1.36 bits per heavy atom. The number of methoxy groups -OCH3 is 1. The van der Waals surface area contributed by atoms with Crippen molar-refractivity contribution in [3.63, 3.8) is 0 Å². The van der Waals surface area contributed by atoms with Crippen molar-refractivity contribution in [3.8, 4) is 5.75 Å². The number of benzene rings is 1. The van der Waals surface area contributed by atoms with Crippen LogP contribution < -0.4 is 10.1 Å². The minimum absolute atomic E-state index is 0.174. The predicted molar refractivity (Wildman–Crippen MR) is 101 cm³/mol. The SMILES string of the molecule is CCCCn1nc(C)c(/C=C/C(=O)NCc2ccc(OC)cc2)c1Cl. The first-order valence-corrected chi connectivity index (χ1v) is 8.74. The molecule has 1 N–H and O–H groups in total. The summed E-state index contributed by atoms with van der Waals surface area (Å²) in [7, 11) is 1.62. The molecule has 6 heteroatoms. The monoisotopic (exact) mass is 361 g/mol. The Kier molecular flexibility index (Phi) is 7.07. The van der Waals surface area contributed by atoms with Gasteiger partial charge in [0.05, 0.1) is 12.8 Å². The molecule has 2 aromatic rings. The second-order valence-corrected chi connectivity index (χ2v) is 6.12. The molecule has 1 amide bonds. The van der Waals surface area contributed by atoms with E-state index in [1.807, 2.05) is 31.2 Å². The molecule has 0 aliphatic carbocycles. The van der Waals surface area contributed by atoms with Gasteiger partial charge in [-0.15, -0.1) is 0 Å². The van der Waals surface area contributed by atoms with Crippen molar-refractivity contribution in [2.45, 2.75) is 39.8 Å². The molecule has 0 saturated carbocycles. The average molecular weight is 362 g/mol. The molecule has 25 heavy (non-hydrogen) atoms. The van der Waals surface area contributed by atoms with E-state index >= 15 is 0 Å². The van der Waals surface area contributed by atoms with Crippen LogP contribution in [0.3, 0.4) is 0 Å². The Labute approximate surface area is 153 Å². The first-order valence-electron chi connectivity index (χ1n) is 8.37. The van der Waals surface area contributed by atoms with E-state index in [1.165, 1.54) is 6.08 Å². The third-order valence-corrected chi connectivity index (χ3v) is 4.26. The molecule has 5 nitrogen and oxygen atoms in total. The first-order chi connectivity index (χ1) is 12.0. The highest BCUT2D eigenvalue weighted by molar-refractivity contribution is 6.31. The number of amides is 1. The highest BCUT2D eigenvalue weighted by Gasteiger charge is 2.10. The summed E-state index contributed by atoms with van der Waals surface area (Å²) in [5, 5.41) is 7.85. The summed E-state index contributed by atoms with van der Waals surface area (Å²) in [4.78, 5) is 12.0. The molecule has 0 fully saturated rings. The Bertz CT molecular complexity index is 736. The van der Waals surface area contributed by atoms with E-state index in [2.05, 4.69) is 17.3 Å². The van der Waals surface area contributed by atoms with Gasteiger partial charge >= 0.3 is 0 Å². The van der Waals surface area contributed by atoms with E-state index < -0.39 is 0 Å². The summed E-state index contributed by atoms with van der Waals surface area (Å²) in [5.41, 5.74) is 2.61. The molecular weight excluding hydrogens is 338 g/mol. The molecule has 0 unspecified atom stereocenters. The van der Waals surface area contributed by atoms with E-state index in [9.17, 15) is 4.79 Å². The van der Waals surface area contributed by atoms with Crippen LogP contribution in [0, 0.1) is 6.92 Å². The van der Waals surface area contributed by atoms with Crippen LogP contribution in [-0.4, -0.2) is 22.8 Å². The lowest BCUT2D eigenvalue weighted by molar-refractivity contribution is -0.116. The van der Waals surface area contributed by atoms with Crippen molar-refractivity contribution in [2.75, 3.05) is 7.11 Å². The van der Waals surface area contributed by atoms with Crippen molar-refractivity contribution >= 4 is 23.6 Å². The topological polar surface area (TPSA) is 56.2 Å². The minimum Gasteiger partial charge on any atom is -0.497 e. The van der Waals surface area contributed by atoms with Gasteiger partial charge in [0.15, 0.2) is 0 Å². The van der Waals surface area contributed by atoms with Crippen LogP contribution in [-0.2, 0) is 17.9 Å². The van der Waals surface area contributed by atoms with Crippen LogP contribution in [0.2, 0.25) is 5.15 Å². The van der Waals surface area contributed by atoms with Crippen molar-refractivity contribution in [2.24, 2.45) is 0 Å². The molecule has 0 radical (unpaired) electrons. The standard InChI is InChI=1S/C19H24ClN3O2/c1-4-5-12-23-19(20)17(14(2)22-23)10-11-18(24)21-13-15-6-8-16(25-3)9-7-15/h6-11H,4-5,12-13H2,1-3H3,(H,21,24)/b11-10+. The molecule has 134 valence electrons. The third-order valence-electron chi connectivity index (χ3n) is 3.86. The smallest absolute Gasteiger partial charge is 0.244 e. The summed E-state index contributed by atoms with van der Waals surface area (Å²) in [6.45, 7) is 5.25. The maximum Gasteiger partial charge on any atom is 0.244 e. The lowest BCUT2D eigenvalue weighted by Gasteiger charge is -2.04. The van der Waals surface area contributed by atoms with Gasteiger partial charge in [-0.25, -0.2) is 0 Å². The number of hydrogen-bond acceptors (Lipinski definition) is 3. The Hall–Kier alpha value is -2.27. The van der Waals surface area contributed by atoms with Crippen molar-refractivity contribution in [1.29, 1.82) is 0 Å². The number of aryl methyl sites for hydroxylation is 2. The number of carbonyl (C=O) groups excluding carboxylic acids is 1. The summed E-state index contributed by atoms with van der Waals surface area (Å²) in [6, 6.07) is 7.57. The first kappa shape index (κ1) is 19.1. The van der Waals surface area contributed by atoms with Gasteiger partial charge in [-0.1, -0.05) is 37.1 Å². The second-order valence-electron chi connectivity index (χ2n) is 5.77. The van der Waals surface area contributed by atoms with Gasteiger partial charge < -0.3 is 10.1 Å². The highest BCUT2D eigenvalue weighted by atomic mass is 35.5. The average Bonchev–Trinajstić information content (AvgIpc) is 2.90. The normalized spacial score (nSPS) is 11.0. The molecule has 1 aromatic carbocycles. The fraction of sp³-hybridized carbons (Fsp3) is 0.368. The van der Waals surface area contributed by atoms with Gasteiger partial charge in [0.1, 0.15) is 10.9 Å². The van der Waals surface area contributed by atoms with Crippen LogP contribution in [0.25, 0.3) is 6.08 Å². The van der Waals surface area contributed by atoms with E-state index in [0.717, 1.165) is 42.0 Å². The maximum atomic E-state index is 12.0. The van der Waals surface area contributed by atoms with E-state index in [-0.39, 0.29) is 5.91 Å². The number of rotatable bonds is 8.